The number of hydrogen-bond acceptors (Lipinski definition) is 3. The van der Waals surface area contributed by atoms with Gasteiger partial charge < -0.3 is 9.84 Å². The molecule has 0 aromatic heterocycles. The summed E-state index contributed by atoms with van der Waals surface area (Å²) in [6, 6.07) is 7.74. The first-order chi connectivity index (χ1) is 8.93. The van der Waals surface area contributed by atoms with Crippen LogP contribution < -0.4 is 0 Å². The lowest BCUT2D eigenvalue weighted by molar-refractivity contribution is -0.0284. The second-order valence-corrected chi connectivity index (χ2v) is 7.17. The summed E-state index contributed by atoms with van der Waals surface area (Å²) in [6.07, 6.45) is -0.461. The molecule has 0 saturated carbocycles. The Labute approximate surface area is 122 Å². The molecule has 0 radical (unpaired) electrons. The van der Waals surface area contributed by atoms with Gasteiger partial charge in [-0.05, 0) is 36.8 Å². The average Bonchev–Trinajstić information content (AvgIpc) is 2.77. The minimum atomic E-state index is -0.536. The second-order valence-electron chi connectivity index (χ2n) is 5.55. The van der Waals surface area contributed by atoms with Gasteiger partial charge in [0.2, 0.25) is 0 Å². The number of aliphatic hydroxyl groups excluding tert-OH is 1. The van der Waals surface area contributed by atoms with Crippen LogP contribution in [0.25, 0.3) is 0 Å². The standard InChI is InChI=1S/C15H17ClO2S/c1-8-12-9(2)14(15(3,18-12)13(8)17)19-11-6-4-10(16)5-7-11/h4-8,12-14,17H,2H2,1,3H3/t8-,12-,13-,14-,15+/m0/s1. The van der Waals surface area contributed by atoms with Crippen molar-refractivity contribution in [2.45, 2.75) is 41.8 Å². The molecular weight excluding hydrogens is 280 g/mol. The molecule has 2 bridgehead atoms. The van der Waals surface area contributed by atoms with E-state index in [4.69, 9.17) is 16.3 Å². The Hall–Kier alpha value is -0.480. The van der Waals surface area contributed by atoms with Gasteiger partial charge in [-0.2, -0.15) is 0 Å². The quantitative estimate of drug-likeness (QED) is 0.847. The largest absolute Gasteiger partial charge is 0.390 e. The molecule has 2 saturated heterocycles. The zero-order valence-electron chi connectivity index (χ0n) is 11.0. The van der Waals surface area contributed by atoms with Crippen LogP contribution in [0.3, 0.4) is 0 Å². The molecule has 102 valence electrons. The van der Waals surface area contributed by atoms with Crippen molar-refractivity contribution in [1.82, 2.24) is 0 Å². The highest BCUT2D eigenvalue weighted by molar-refractivity contribution is 8.00. The summed E-state index contributed by atoms with van der Waals surface area (Å²) in [7, 11) is 0. The lowest BCUT2D eigenvalue weighted by Gasteiger charge is -2.35. The van der Waals surface area contributed by atoms with Crippen molar-refractivity contribution in [2.24, 2.45) is 5.92 Å². The maximum absolute atomic E-state index is 10.4. The number of benzene rings is 1. The minimum Gasteiger partial charge on any atom is -0.390 e. The molecule has 2 fully saturated rings. The maximum Gasteiger partial charge on any atom is 0.108 e. The van der Waals surface area contributed by atoms with Crippen LogP contribution in [0, 0.1) is 5.92 Å². The molecule has 5 atom stereocenters. The van der Waals surface area contributed by atoms with Crippen molar-refractivity contribution < 1.29 is 9.84 Å². The Morgan fingerprint density at radius 3 is 2.58 bits per heavy atom. The molecular formula is C15H17ClO2S. The summed E-state index contributed by atoms with van der Waals surface area (Å²) < 4.78 is 6.01. The van der Waals surface area contributed by atoms with E-state index in [9.17, 15) is 5.11 Å². The fraction of sp³-hybridized carbons (Fsp3) is 0.467. The van der Waals surface area contributed by atoms with Gasteiger partial charge in [0.25, 0.3) is 0 Å². The van der Waals surface area contributed by atoms with Crippen LogP contribution in [0.1, 0.15) is 13.8 Å². The van der Waals surface area contributed by atoms with Crippen molar-refractivity contribution in [3.05, 3.63) is 41.4 Å². The van der Waals surface area contributed by atoms with Crippen molar-refractivity contribution in [3.63, 3.8) is 0 Å². The molecule has 2 aliphatic rings. The van der Waals surface area contributed by atoms with Crippen LogP contribution in [0.2, 0.25) is 5.02 Å². The number of aliphatic hydroxyl groups is 1. The van der Waals surface area contributed by atoms with Crippen molar-refractivity contribution >= 4 is 23.4 Å². The lowest BCUT2D eigenvalue weighted by Crippen LogP contribution is -2.48. The molecule has 0 unspecified atom stereocenters. The van der Waals surface area contributed by atoms with E-state index < -0.39 is 11.7 Å². The van der Waals surface area contributed by atoms with Gasteiger partial charge >= 0.3 is 0 Å². The van der Waals surface area contributed by atoms with Gasteiger partial charge in [-0.15, -0.1) is 11.8 Å². The van der Waals surface area contributed by atoms with Crippen LogP contribution in [-0.4, -0.2) is 28.2 Å². The van der Waals surface area contributed by atoms with Crippen LogP contribution in [-0.2, 0) is 4.74 Å². The number of ether oxygens (including phenoxy) is 1. The van der Waals surface area contributed by atoms with Crippen LogP contribution >= 0.6 is 23.4 Å². The molecule has 2 nitrogen and oxygen atoms in total. The zero-order chi connectivity index (χ0) is 13.8. The van der Waals surface area contributed by atoms with E-state index in [0.717, 1.165) is 15.5 Å². The second kappa shape index (κ2) is 4.52. The van der Waals surface area contributed by atoms with Crippen molar-refractivity contribution in [2.75, 3.05) is 0 Å². The number of thioether (sulfide) groups is 1. The summed E-state index contributed by atoms with van der Waals surface area (Å²) in [5, 5.41) is 11.2. The van der Waals surface area contributed by atoms with Crippen LogP contribution in [0.5, 0.6) is 0 Å². The van der Waals surface area contributed by atoms with E-state index in [1.807, 2.05) is 38.1 Å². The molecule has 19 heavy (non-hydrogen) atoms. The number of hydrogen-bond donors (Lipinski definition) is 1. The Balaban J connectivity index is 1.86. The molecule has 0 aliphatic carbocycles. The van der Waals surface area contributed by atoms with Gasteiger partial charge in [0, 0.05) is 15.8 Å². The third-order valence-corrected chi connectivity index (χ3v) is 6.04. The Bertz CT molecular complexity index is 515. The van der Waals surface area contributed by atoms with Gasteiger partial charge in [-0.1, -0.05) is 25.1 Å². The monoisotopic (exact) mass is 296 g/mol. The predicted molar refractivity (Wildman–Crippen MR) is 78.7 cm³/mol. The maximum atomic E-state index is 10.4. The predicted octanol–water partition coefficient (Wildman–Crippen LogP) is 3.53. The molecule has 2 aliphatic heterocycles. The molecule has 4 heteroatoms. The topological polar surface area (TPSA) is 29.5 Å². The highest BCUT2D eigenvalue weighted by atomic mass is 35.5. The van der Waals surface area contributed by atoms with Crippen LogP contribution in [0.15, 0.2) is 41.3 Å². The van der Waals surface area contributed by atoms with Gasteiger partial charge in [-0.25, -0.2) is 0 Å². The summed E-state index contributed by atoms with van der Waals surface area (Å²) >= 11 is 7.59. The fourth-order valence-electron chi connectivity index (χ4n) is 3.13. The van der Waals surface area contributed by atoms with Gasteiger partial charge in [0.05, 0.1) is 17.5 Å². The SMILES string of the molecule is C=C1[C@H]2O[C@@](C)([C@H]1Sc1ccc(Cl)cc1)[C@@H](O)[C@H]2C. The molecule has 1 N–H and O–H groups in total. The summed E-state index contributed by atoms with van der Waals surface area (Å²) in [6.45, 7) is 8.19. The van der Waals surface area contributed by atoms with E-state index in [2.05, 4.69) is 6.58 Å². The van der Waals surface area contributed by atoms with Crippen LogP contribution in [0.4, 0.5) is 0 Å². The number of halogens is 1. The van der Waals surface area contributed by atoms with E-state index in [1.165, 1.54) is 0 Å². The molecule has 0 spiro atoms. The average molecular weight is 297 g/mol. The molecule has 1 aromatic carbocycles. The molecule has 1 aromatic rings. The third kappa shape index (κ3) is 1.95. The van der Waals surface area contributed by atoms with Gasteiger partial charge in [-0.3, -0.25) is 0 Å². The number of rotatable bonds is 2. The first-order valence-corrected chi connectivity index (χ1v) is 7.66. The van der Waals surface area contributed by atoms with Gasteiger partial charge in [0.1, 0.15) is 5.60 Å². The molecule has 3 rings (SSSR count). The minimum absolute atomic E-state index is 0.0233. The summed E-state index contributed by atoms with van der Waals surface area (Å²) in [5.74, 6) is 0.125. The van der Waals surface area contributed by atoms with E-state index in [1.54, 1.807) is 11.8 Å². The summed E-state index contributed by atoms with van der Waals surface area (Å²) in [5.41, 5.74) is 0.547. The van der Waals surface area contributed by atoms with Gasteiger partial charge in [0.15, 0.2) is 0 Å². The highest BCUT2D eigenvalue weighted by Crippen LogP contribution is 2.55. The Morgan fingerprint density at radius 1 is 1.37 bits per heavy atom. The first-order valence-electron chi connectivity index (χ1n) is 6.40. The summed E-state index contributed by atoms with van der Waals surface area (Å²) in [4.78, 5) is 1.12. The smallest absolute Gasteiger partial charge is 0.108 e. The van der Waals surface area contributed by atoms with E-state index in [-0.39, 0.29) is 17.3 Å². The molecule has 0 amide bonds. The number of fused-ring (bicyclic) bond motifs is 2. The normalized spacial score (nSPS) is 40.9. The fourth-order valence-corrected chi connectivity index (χ4v) is 4.53. The van der Waals surface area contributed by atoms with Crippen molar-refractivity contribution in [3.8, 4) is 0 Å². The van der Waals surface area contributed by atoms with Crippen molar-refractivity contribution in [1.29, 1.82) is 0 Å². The zero-order valence-corrected chi connectivity index (χ0v) is 12.5. The third-order valence-electron chi connectivity index (χ3n) is 4.23. The highest BCUT2D eigenvalue weighted by Gasteiger charge is 2.62. The molecule has 2 heterocycles. The first kappa shape index (κ1) is 13.5. The van der Waals surface area contributed by atoms with E-state index >= 15 is 0 Å². The lowest BCUT2D eigenvalue weighted by atomic mass is 9.78. The Morgan fingerprint density at radius 2 is 2.00 bits per heavy atom. The van der Waals surface area contributed by atoms with E-state index in [0.29, 0.717) is 0 Å². The Kier molecular flexibility index (Phi) is 3.21.